The normalized spacial score (nSPS) is 15.9. The van der Waals surface area contributed by atoms with E-state index in [1.807, 2.05) is 38.1 Å². The summed E-state index contributed by atoms with van der Waals surface area (Å²) in [5.41, 5.74) is 3.05. The summed E-state index contributed by atoms with van der Waals surface area (Å²) >= 11 is 0. The van der Waals surface area contributed by atoms with Crippen molar-refractivity contribution in [1.82, 2.24) is 4.98 Å². The molecule has 166 valence electrons. The number of ether oxygens (including phenoxy) is 1. The predicted molar refractivity (Wildman–Crippen MR) is 126 cm³/mol. The highest BCUT2D eigenvalue weighted by Crippen LogP contribution is 2.38. The van der Waals surface area contributed by atoms with Gasteiger partial charge in [0.15, 0.2) is 5.78 Å². The van der Waals surface area contributed by atoms with E-state index in [1.165, 1.54) is 17.7 Å². The molecular formula is C27H29FN2O2. The van der Waals surface area contributed by atoms with E-state index in [0.717, 1.165) is 19.4 Å². The van der Waals surface area contributed by atoms with E-state index in [-0.39, 0.29) is 17.6 Å². The maximum atomic E-state index is 14.4. The molecule has 1 atom stereocenters. The second-order valence-corrected chi connectivity index (χ2v) is 8.77. The van der Waals surface area contributed by atoms with Gasteiger partial charge in [-0.25, -0.2) is 9.37 Å². The van der Waals surface area contributed by atoms with Gasteiger partial charge in [0.25, 0.3) is 0 Å². The van der Waals surface area contributed by atoms with Gasteiger partial charge in [-0.15, -0.1) is 0 Å². The molecule has 4 nitrogen and oxygen atoms in total. The van der Waals surface area contributed by atoms with Crippen LogP contribution in [-0.4, -0.2) is 23.9 Å². The number of ketones is 1. The fourth-order valence-electron chi connectivity index (χ4n) is 4.20. The first-order valence-corrected chi connectivity index (χ1v) is 11.2. The molecule has 4 rings (SSSR count). The third-order valence-electron chi connectivity index (χ3n) is 5.71. The maximum absolute atomic E-state index is 14.4. The van der Waals surface area contributed by atoms with Gasteiger partial charge in [-0.05, 0) is 55.5 Å². The van der Waals surface area contributed by atoms with E-state index < -0.39 is 0 Å². The molecule has 0 N–H and O–H groups in total. The minimum atomic E-state index is -0.372. The van der Waals surface area contributed by atoms with Gasteiger partial charge in [-0.1, -0.05) is 44.2 Å². The van der Waals surface area contributed by atoms with Crippen LogP contribution in [0.1, 0.15) is 55.6 Å². The smallest absolute Gasteiger partial charge is 0.163 e. The predicted octanol–water partition coefficient (Wildman–Crippen LogP) is 6.47. The van der Waals surface area contributed by atoms with Crippen molar-refractivity contribution in [3.8, 4) is 17.0 Å². The van der Waals surface area contributed by atoms with Gasteiger partial charge in [0.2, 0.25) is 0 Å². The molecule has 5 heteroatoms. The number of benzene rings is 2. The van der Waals surface area contributed by atoms with Crippen molar-refractivity contribution in [2.75, 3.05) is 18.1 Å². The van der Waals surface area contributed by atoms with Crippen LogP contribution in [-0.2, 0) is 0 Å². The standard InChI is InChI=1S/C27H29FN2O2/c1-18(2)17-32-23-15-21(14-22(28)16-23)25-12-11-24(19(3)31)27(29-25)30-13-7-10-26(30)20-8-5-4-6-9-20/h4-6,8-9,11-12,14-16,18,26H,7,10,13,17H2,1-3H3. The quantitative estimate of drug-likeness (QED) is 0.402. The molecule has 3 aromatic rings. The topological polar surface area (TPSA) is 42.4 Å². The molecule has 1 saturated heterocycles. The minimum absolute atomic E-state index is 0.0297. The molecule has 2 aromatic carbocycles. The van der Waals surface area contributed by atoms with Crippen molar-refractivity contribution < 1.29 is 13.9 Å². The Morgan fingerprint density at radius 3 is 2.66 bits per heavy atom. The van der Waals surface area contributed by atoms with E-state index in [1.54, 1.807) is 19.1 Å². The monoisotopic (exact) mass is 432 g/mol. The molecule has 0 aliphatic carbocycles. The Bertz CT molecular complexity index is 1100. The Balaban J connectivity index is 1.74. The zero-order chi connectivity index (χ0) is 22.7. The van der Waals surface area contributed by atoms with Crippen molar-refractivity contribution in [3.05, 3.63) is 77.6 Å². The molecule has 1 unspecified atom stereocenters. The summed E-state index contributed by atoms with van der Waals surface area (Å²) in [7, 11) is 0. The van der Waals surface area contributed by atoms with Crippen LogP contribution < -0.4 is 9.64 Å². The van der Waals surface area contributed by atoms with Crippen molar-refractivity contribution in [2.24, 2.45) is 5.92 Å². The molecule has 1 aromatic heterocycles. The van der Waals surface area contributed by atoms with E-state index in [4.69, 9.17) is 9.72 Å². The summed E-state index contributed by atoms with van der Waals surface area (Å²) in [5, 5.41) is 0. The number of Topliss-reactive ketones (excluding diaryl/α,β-unsaturated/α-hetero) is 1. The number of carbonyl (C=O) groups excluding carboxylic acids is 1. The number of aromatic nitrogens is 1. The van der Waals surface area contributed by atoms with Crippen LogP contribution >= 0.6 is 0 Å². The summed E-state index contributed by atoms with van der Waals surface area (Å²) in [6.45, 7) is 6.99. The number of anilines is 1. The molecule has 0 bridgehead atoms. The number of halogens is 1. The summed E-state index contributed by atoms with van der Waals surface area (Å²) in [5.74, 6) is 1.08. The van der Waals surface area contributed by atoms with Crippen LogP contribution in [0.4, 0.5) is 10.2 Å². The second-order valence-electron chi connectivity index (χ2n) is 8.77. The van der Waals surface area contributed by atoms with Gasteiger partial charge in [0.05, 0.1) is 23.9 Å². The Morgan fingerprint density at radius 1 is 1.16 bits per heavy atom. The van der Waals surface area contributed by atoms with Gasteiger partial charge in [-0.3, -0.25) is 4.79 Å². The Morgan fingerprint density at radius 2 is 1.94 bits per heavy atom. The zero-order valence-electron chi connectivity index (χ0n) is 18.8. The minimum Gasteiger partial charge on any atom is -0.493 e. The van der Waals surface area contributed by atoms with E-state index >= 15 is 0 Å². The van der Waals surface area contributed by atoms with Crippen molar-refractivity contribution >= 4 is 11.6 Å². The second kappa shape index (κ2) is 9.51. The van der Waals surface area contributed by atoms with Gasteiger partial charge in [-0.2, -0.15) is 0 Å². The maximum Gasteiger partial charge on any atom is 0.163 e. The first kappa shape index (κ1) is 22.0. The number of hydrogen-bond acceptors (Lipinski definition) is 4. The molecule has 32 heavy (non-hydrogen) atoms. The SMILES string of the molecule is CC(=O)c1ccc(-c2cc(F)cc(OCC(C)C)c2)nc1N1CCCC1c1ccccc1. The molecule has 1 aliphatic rings. The van der Waals surface area contributed by atoms with Crippen LogP contribution in [0.2, 0.25) is 0 Å². The Labute approximate surface area is 189 Å². The van der Waals surface area contributed by atoms with Gasteiger partial charge in [0.1, 0.15) is 17.4 Å². The summed E-state index contributed by atoms with van der Waals surface area (Å²) in [4.78, 5) is 19.5. The van der Waals surface area contributed by atoms with Crippen LogP contribution in [0.5, 0.6) is 5.75 Å². The number of nitrogens with zero attached hydrogens (tertiary/aromatic N) is 2. The molecule has 0 radical (unpaired) electrons. The number of carbonyl (C=O) groups is 1. The molecule has 2 heterocycles. The van der Waals surface area contributed by atoms with Crippen LogP contribution in [0.3, 0.4) is 0 Å². The lowest BCUT2D eigenvalue weighted by Gasteiger charge is -2.28. The first-order valence-electron chi connectivity index (χ1n) is 11.2. The largest absolute Gasteiger partial charge is 0.493 e. The van der Waals surface area contributed by atoms with Gasteiger partial charge in [0, 0.05) is 18.2 Å². The van der Waals surface area contributed by atoms with Crippen LogP contribution in [0, 0.1) is 11.7 Å². The van der Waals surface area contributed by atoms with Crippen molar-refractivity contribution in [2.45, 2.75) is 39.7 Å². The van der Waals surface area contributed by atoms with Gasteiger partial charge < -0.3 is 9.64 Å². The molecule has 1 aliphatic heterocycles. The molecule has 1 fully saturated rings. The molecule has 0 amide bonds. The molecule has 0 spiro atoms. The lowest BCUT2D eigenvalue weighted by molar-refractivity contribution is 0.101. The highest BCUT2D eigenvalue weighted by molar-refractivity contribution is 5.99. The third kappa shape index (κ3) is 4.82. The van der Waals surface area contributed by atoms with Gasteiger partial charge >= 0.3 is 0 Å². The van der Waals surface area contributed by atoms with Crippen LogP contribution in [0.15, 0.2) is 60.7 Å². The van der Waals surface area contributed by atoms with E-state index in [2.05, 4.69) is 17.0 Å². The molecule has 0 saturated carbocycles. The fourth-order valence-corrected chi connectivity index (χ4v) is 4.20. The molecular weight excluding hydrogens is 403 g/mol. The summed E-state index contributed by atoms with van der Waals surface area (Å²) < 4.78 is 20.1. The lowest BCUT2D eigenvalue weighted by atomic mass is 10.0. The average Bonchev–Trinajstić information content (AvgIpc) is 3.27. The highest BCUT2D eigenvalue weighted by Gasteiger charge is 2.30. The number of pyridine rings is 1. The Kier molecular flexibility index (Phi) is 6.54. The highest BCUT2D eigenvalue weighted by atomic mass is 19.1. The third-order valence-corrected chi connectivity index (χ3v) is 5.71. The van der Waals surface area contributed by atoms with Crippen molar-refractivity contribution in [3.63, 3.8) is 0 Å². The number of rotatable bonds is 7. The fraction of sp³-hybridized carbons (Fsp3) is 0.333. The van der Waals surface area contributed by atoms with E-state index in [0.29, 0.717) is 40.9 Å². The summed E-state index contributed by atoms with van der Waals surface area (Å²) in [6.07, 6.45) is 2.02. The summed E-state index contributed by atoms with van der Waals surface area (Å²) in [6, 6.07) is 18.7. The zero-order valence-corrected chi connectivity index (χ0v) is 18.8. The Hall–Kier alpha value is -3.21. The van der Waals surface area contributed by atoms with E-state index in [9.17, 15) is 9.18 Å². The average molecular weight is 433 g/mol. The number of hydrogen-bond donors (Lipinski definition) is 0. The first-order chi connectivity index (χ1) is 15.4. The van der Waals surface area contributed by atoms with Crippen LogP contribution in [0.25, 0.3) is 11.3 Å². The van der Waals surface area contributed by atoms with Crippen molar-refractivity contribution in [1.29, 1.82) is 0 Å². The lowest BCUT2D eigenvalue weighted by Crippen LogP contribution is -2.25.